The van der Waals surface area contributed by atoms with Gasteiger partial charge in [0.2, 0.25) is 0 Å². The number of thiazole rings is 1. The summed E-state index contributed by atoms with van der Waals surface area (Å²) in [6.45, 7) is 12.4. The third-order valence-electron chi connectivity index (χ3n) is 4.15. The molecule has 0 saturated heterocycles. The number of carbonyl (C=O) groups is 1. The van der Waals surface area contributed by atoms with E-state index in [1.807, 2.05) is 18.4 Å². The van der Waals surface area contributed by atoms with Gasteiger partial charge in [0, 0.05) is 22.7 Å². The lowest BCUT2D eigenvalue weighted by molar-refractivity contribution is -0.137. The largest absolute Gasteiger partial charge is 0.416 e. The average Bonchev–Trinajstić information content (AvgIpc) is 2.82. The summed E-state index contributed by atoms with van der Waals surface area (Å²) in [4.78, 5) is 18.4. The molecule has 1 aromatic heterocycles. The van der Waals surface area contributed by atoms with Crippen LogP contribution in [0.3, 0.4) is 0 Å². The molecule has 0 N–H and O–H groups in total. The Bertz CT molecular complexity index is 899. The Morgan fingerprint density at radius 3 is 2.31 bits per heavy atom. The summed E-state index contributed by atoms with van der Waals surface area (Å²) in [6, 6.07) is 3.16. The Morgan fingerprint density at radius 1 is 1.19 bits per heavy atom. The van der Waals surface area contributed by atoms with Gasteiger partial charge < -0.3 is 4.57 Å². The lowest BCUT2D eigenvalue weighted by Crippen LogP contribution is -2.18. The number of nitrogens with zero attached hydrogens (tertiary/aromatic N) is 2. The molecular formula is C19H23F3N2OS. The molecule has 1 amide bonds. The number of carbonyl (C=O) groups excluding carboxylic acids is 1. The lowest BCUT2D eigenvalue weighted by Gasteiger charge is -2.17. The summed E-state index contributed by atoms with van der Waals surface area (Å²) in [5.74, 6) is -0.655. The van der Waals surface area contributed by atoms with Gasteiger partial charge >= 0.3 is 6.18 Å². The van der Waals surface area contributed by atoms with Gasteiger partial charge in [0.1, 0.15) is 0 Å². The minimum atomic E-state index is -4.50. The molecule has 0 fully saturated rings. The number of amides is 1. The van der Waals surface area contributed by atoms with E-state index in [1.54, 1.807) is 6.92 Å². The minimum absolute atomic E-state index is 0.0224. The Morgan fingerprint density at radius 2 is 1.81 bits per heavy atom. The molecule has 3 nitrogen and oxygen atoms in total. The van der Waals surface area contributed by atoms with Gasteiger partial charge in [0.05, 0.1) is 5.56 Å². The molecule has 0 aliphatic heterocycles. The van der Waals surface area contributed by atoms with Crippen molar-refractivity contribution in [2.24, 2.45) is 4.99 Å². The van der Waals surface area contributed by atoms with Crippen LogP contribution in [0.1, 0.15) is 59.8 Å². The highest BCUT2D eigenvalue weighted by Crippen LogP contribution is 2.31. The predicted molar refractivity (Wildman–Crippen MR) is 97.5 cm³/mol. The van der Waals surface area contributed by atoms with Crippen molar-refractivity contribution in [2.45, 2.75) is 59.7 Å². The molecule has 1 aromatic carbocycles. The summed E-state index contributed by atoms with van der Waals surface area (Å²) < 4.78 is 40.8. The Balaban J connectivity index is 2.60. The Kier molecular flexibility index (Phi) is 5.52. The quantitative estimate of drug-likeness (QED) is 0.697. The highest BCUT2D eigenvalue weighted by molar-refractivity contribution is 7.09. The highest BCUT2D eigenvalue weighted by atomic mass is 32.1. The monoisotopic (exact) mass is 384 g/mol. The van der Waals surface area contributed by atoms with E-state index in [4.69, 9.17) is 0 Å². The molecule has 0 radical (unpaired) electrons. The normalized spacial score (nSPS) is 13.3. The van der Waals surface area contributed by atoms with Gasteiger partial charge in [-0.15, -0.1) is 11.3 Å². The summed E-state index contributed by atoms with van der Waals surface area (Å²) in [5.41, 5.74) is 0.527. The van der Waals surface area contributed by atoms with Crippen LogP contribution < -0.4 is 4.80 Å². The molecular weight excluding hydrogens is 361 g/mol. The number of benzene rings is 1. The molecule has 0 spiro atoms. The molecule has 0 unspecified atom stereocenters. The van der Waals surface area contributed by atoms with Gasteiger partial charge in [-0.1, -0.05) is 26.8 Å². The van der Waals surface area contributed by atoms with Crippen molar-refractivity contribution >= 4 is 17.2 Å². The second-order valence-electron chi connectivity index (χ2n) is 7.24. The van der Waals surface area contributed by atoms with Crippen LogP contribution in [-0.2, 0) is 18.1 Å². The van der Waals surface area contributed by atoms with E-state index in [1.165, 1.54) is 17.4 Å². The molecule has 2 aromatic rings. The maximum absolute atomic E-state index is 13.0. The summed E-state index contributed by atoms with van der Waals surface area (Å²) in [7, 11) is 0. The van der Waals surface area contributed by atoms with Gasteiger partial charge in [-0.2, -0.15) is 18.2 Å². The molecule has 0 bridgehead atoms. The van der Waals surface area contributed by atoms with Crippen molar-refractivity contribution in [3.8, 4) is 0 Å². The highest BCUT2D eigenvalue weighted by Gasteiger charge is 2.31. The molecule has 0 saturated carbocycles. The number of alkyl halides is 3. The third kappa shape index (κ3) is 4.09. The van der Waals surface area contributed by atoms with Crippen LogP contribution in [0.5, 0.6) is 0 Å². The zero-order chi connectivity index (χ0) is 19.9. The fraction of sp³-hybridized carbons (Fsp3) is 0.474. The molecule has 0 atom stereocenters. The predicted octanol–water partition coefficient (Wildman–Crippen LogP) is 5.24. The SMILES string of the molecule is CCn1c(C)c(C(C)(C)C)s/c1=N\C(=O)c1cc(C(F)(F)F)ccc1C. The van der Waals surface area contributed by atoms with Crippen LogP contribution in [0.2, 0.25) is 0 Å². The van der Waals surface area contributed by atoms with E-state index in [-0.39, 0.29) is 11.0 Å². The smallest absolute Gasteiger partial charge is 0.321 e. The Hall–Kier alpha value is -1.89. The standard InChI is InChI=1S/C19H23F3N2OS/c1-7-24-12(3)15(18(4,5)6)26-17(24)23-16(25)14-10-13(19(20,21)22)9-8-11(14)2/h8-10H,7H2,1-6H3/b23-17-. The fourth-order valence-electron chi connectivity index (χ4n) is 2.81. The molecule has 142 valence electrons. The number of rotatable bonds is 2. The first-order valence-corrected chi connectivity index (χ1v) is 9.15. The van der Waals surface area contributed by atoms with Crippen molar-refractivity contribution in [3.05, 3.63) is 50.3 Å². The number of halogens is 3. The van der Waals surface area contributed by atoms with Gasteiger partial charge in [-0.05, 0) is 43.9 Å². The molecule has 1 heterocycles. The van der Waals surface area contributed by atoms with Crippen LogP contribution in [0.15, 0.2) is 23.2 Å². The van der Waals surface area contributed by atoms with E-state index < -0.39 is 17.6 Å². The van der Waals surface area contributed by atoms with Crippen LogP contribution in [0.4, 0.5) is 13.2 Å². The van der Waals surface area contributed by atoms with Crippen molar-refractivity contribution in [3.63, 3.8) is 0 Å². The number of aryl methyl sites for hydroxylation is 1. The average molecular weight is 384 g/mol. The third-order valence-corrected chi connectivity index (χ3v) is 5.75. The van der Waals surface area contributed by atoms with Crippen LogP contribution in [0.25, 0.3) is 0 Å². The minimum Gasteiger partial charge on any atom is -0.321 e. The van der Waals surface area contributed by atoms with Crippen molar-refractivity contribution in [1.29, 1.82) is 0 Å². The van der Waals surface area contributed by atoms with Gasteiger partial charge in [0.25, 0.3) is 5.91 Å². The lowest BCUT2D eigenvalue weighted by atomic mass is 9.93. The van der Waals surface area contributed by atoms with Gasteiger partial charge in [-0.25, -0.2) is 0 Å². The topological polar surface area (TPSA) is 34.4 Å². The van der Waals surface area contributed by atoms with E-state index in [0.29, 0.717) is 16.9 Å². The first kappa shape index (κ1) is 20.4. The second kappa shape index (κ2) is 7.02. The van der Waals surface area contributed by atoms with Crippen molar-refractivity contribution in [2.75, 3.05) is 0 Å². The summed E-state index contributed by atoms with van der Waals surface area (Å²) >= 11 is 1.41. The molecule has 0 aliphatic rings. The van der Waals surface area contributed by atoms with E-state index >= 15 is 0 Å². The number of hydrogen-bond acceptors (Lipinski definition) is 2. The van der Waals surface area contributed by atoms with Crippen LogP contribution >= 0.6 is 11.3 Å². The van der Waals surface area contributed by atoms with Gasteiger partial charge in [0.15, 0.2) is 4.80 Å². The number of hydrogen-bond donors (Lipinski definition) is 0. The zero-order valence-corrected chi connectivity index (χ0v) is 16.6. The molecule has 0 aliphatic carbocycles. The first-order valence-electron chi connectivity index (χ1n) is 8.34. The van der Waals surface area contributed by atoms with Crippen molar-refractivity contribution in [1.82, 2.24) is 4.57 Å². The first-order chi connectivity index (χ1) is 11.9. The van der Waals surface area contributed by atoms with E-state index in [2.05, 4.69) is 25.8 Å². The van der Waals surface area contributed by atoms with Crippen molar-refractivity contribution < 1.29 is 18.0 Å². The zero-order valence-electron chi connectivity index (χ0n) is 15.8. The van der Waals surface area contributed by atoms with E-state index in [0.717, 1.165) is 22.7 Å². The van der Waals surface area contributed by atoms with Gasteiger partial charge in [-0.3, -0.25) is 4.79 Å². The maximum atomic E-state index is 13.0. The molecule has 2 rings (SSSR count). The maximum Gasteiger partial charge on any atom is 0.416 e. The summed E-state index contributed by atoms with van der Waals surface area (Å²) in [6.07, 6.45) is -4.50. The molecule has 26 heavy (non-hydrogen) atoms. The Labute approximate surface area is 155 Å². The second-order valence-corrected chi connectivity index (χ2v) is 8.22. The summed E-state index contributed by atoms with van der Waals surface area (Å²) in [5, 5.41) is 0. The van der Waals surface area contributed by atoms with Crippen LogP contribution in [0, 0.1) is 13.8 Å². The number of aromatic nitrogens is 1. The van der Waals surface area contributed by atoms with E-state index in [9.17, 15) is 18.0 Å². The van der Waals surface area contributed by atoms with Crippen LogP contribution in [-0.4, -0.2) is 10.5 Å². The molecule has 7 heteroatoms. The fourth-order valence-corrected chi connectivity index (χ4v) is 4.06.